The summed E-state index contributed by atoms with van der Waals surface area (Å²) in [7, 11) is 0. The Morgan fingerprint density at radius 3 is 2.12 bits per heavy atom. The molecule has 0 heterocycles. The maximum atomic E-state index is 13.6. The van der Waals surface area contributed by atoms with Crippen molar-refractivity contribution in [3.8, 4) is 0 Å². The number of hydrogen-bond acceptors (Lipinski definition) is 2. The minimum absolute atomic E-state index is 0. The number of amides is 1. The van der Waals surface area contributed by atoms with E-state index in [0.29, 0.717) is 12.0 Å². The summed E-state index contributed by atoms with van der Waals surface area (Å²) in [5, 5.41) is 2.43. The highest BCUT2D eigenvalue weighted by Gasteiger charge is 2.19. The van der Waals surface area contributed by atoms with Gasteiger partial charge in [0.05, 0.1) is 5.56 Å². The highest BCUT2D eigenvalue weighted by Crippen LogP contribution is 2.18. The standard InChI is InChI=1S/C18H19F3N2O.ClH/c1-10(2)11-3-5-12(6-4-11)15(22)9-23-18(24)13-7-8-14(19)17(21)16(13)20;/h3-8,10,15H,9,22H2,1-2H3,(H,23,24);1H. The Bertz CT molecular complexity index is 736. The van der Waals surface area contributed by atoms with Crippen LogP contribution in [0, 0.1) is 17.5 Å². The highest BCUT2D eigenvalue weighted by atomic mass is 35.5. The fourth-order valence-electron chi connectivity index (χ4n) is 2.25. The predicted octanol–water partition coefficient (Wildman–Crippen LogP) is 4.08. The van der Waals surface area contributed by atoms with Gasteiger partial charge < -0.3 is 11.1 Å². The molecular formula is C18H20ClF3N2O. The van der Waals surface area contributed by atoms with Crippen LogP contribution in [0.3, 0.4) is 0 Å². The first-order chi connectivity index (χ1) is 11.3. The van der Waals surface area contributed by atoms with Gasteiger partial charge >= 0.3 is 0 Å². The summed E-state index contributed by atoms with van der Waals surface area (Å²) in [5.41, 5.74) is 7.41. The van der Waals surface area contributed by atoms with Crippen LogP contribution in [0.25, 0.3) is 0 Å². The van der Waals surface area contributed by atoms with Crippen molar-refractivity contribution < 1.29 is 18.0 Å². The van der Waals surface area contributed by atoms with E-state index in [2.05, 4.69) is 19.2 Å². The number of halogens is 4. The van der Waals surface area contributed by atoms with E-state index in [1.807, 2.05) is 24.3 Å². The first-order valence-electron chi connectivity index (χ1n) is 7.58. The Hall–Kier alpha value is -2.05. The third-order valence-corrected chi connectivity index (χ3v) is 3.79. The number of nitrogens with one attached hydrogen (secondary N) is 1. The SMILES string of the molecule is CC(C)c1ccc(C(N)CNC(=O)c2ccc(F)c(F)c2F)cc1.Cl. The summed E-state index contributed by atoms with van der Waals surface area (Å²) in [6, 6.07) is 8.75. The minimum Gasteiger partial charge on any atom is -0.350 e. The molecule has 0 saturated heterocycles. The van der Waals surface area contributed by atoms with Gasteiger partial charge in [-0.1, -0.05) is 38.1 Å². The second kappa shape index (κ2) is 8.87. The van der Waals surface area contributed by atoms with Crippen LogP contribution in [0.5, 0.6) is 0 Å². The van der Waals surface area contributed by atoms with E-state index in [1.54, 1.807) is 0 Å². The molecule has 1 unspecified atom stereocenters. The van der Waals surface area contributed by atoms with Crippen molar-refractivity contribution in [2.45, 2.75) is 25.8 Å². The fraction of sp³-hybridized carbons (Fsp3) is 0.278. The number of carbonyl (C=O) groups excluding carboxylic acids is 1. The van der Waals surface area contributed by atoms with Gasteiger partial charge in [0.1, 0.15) is 0 Å². The van der Waals surface area contributed by atoms with Crippen molar-refractivity contribution in [3.63, 3.8) is 0 Å². The molecule has 0 radical (unpaired) electrons. The van der Waals surface area contributed by atoms with E-state index in [0.717, 1.165) is 11.6 Å². The lowest BCUT2D eigenvalue weighted by molar-refractivity contribution is 0.0946. The normalized spacial score (nSPS) is 11.8. The smallest absolute Gasteiger partial charge is 0.254 e. The monoisotopic (exact) mass is 372 g/mol. The van der Waals surface area contributed by atoms with Gasteiger partial charge in [-0.3, -0.25) is 4.79 Å². The molecule has 0 bridgehead atoms. The molecule has 1 amide bonds. The lowest BCUT2D eigenvalue weighted by Gasteiger charge is -2.15. The van der Waals surface area contributed by atoms with E-state index >= 15 is 0 Å². The van der Waals surface area contributed by atoms with Crippen molar-refractivity contribution >= 4 is 18.3 Å². The van der Waals surface area contributed by atoms with Gasteiger partial charge in [0.15, 0.2) is 17.5 Å². The number of rotatable bonds is 5. The van der Waals surface area contributed by atoms with Crippen molar-refractivity contribution in [2.75, 3.05) is 6.54 Å². The van der Waals surface area contributed by atoms with Crippen LogP contribution < -0.4 is 11.1 Å². The van der Waals surface area contributed by atoms with Crippen molar-refractivity contribution in [2.24, 2.45) is 5.73 Å². The average molecular weight is 373 g/mol. The zero-order chi connectivity index (χ0) is 17.9. The van der Waals surface area contributed by atoms with Crippen LogP contribution in [-0.2, 0) is 0 Å². The summed E-state index contributed by atoms with van der Waals surface area (Å²) in [6.07, 6.45) is 0. The summed E-state index contributed by atoms with van der Waals surface area (Å²) in [4.78, 5) is 11.9. The zero-order valence-electron chi connectivity index (χ0n) is 13.9. The van der Waals surface area contributed by atoms with Gasteiger partial charge in [0, 0.05) is 12.6 Å². The third kappa shape index (κ3) is 4.96. The molecule has 2 rings (SSSR count). The molecule has 1 atom stereocenters. The van der Waals surface area contributed by atoms with Gasteiger partial charge in [-0.25, -0.2) is 13.2 Å². The zero-order valence-corrected chi connectivity index (χ0v) is 14.7. The molecule has 0 aliphatic carbocycles. The van der Waals surface area contributed by atoms with Gasteiger partial charge in [-0.05, 0) is 29.2 Å². The van der Waals surface area contributed by atoms with Crippen LogP contribution in [0.1, 0.15) is 47.3 Å². The maximum Gasteiger partial charge on any atom is 0.254 e. The van der Waals surface area contributed by atoms with E-state index in [1.165, 1.54) is 5.56 Å². The summed E-state index contributed by atoms with van der Waals surface area (Å²) in [6.45, 7) is 4.19. The van der Waals surface area contributed by atoms with Crippen molar-refractivity contribution in [1.82, 2.24) is 5.32 Å². The number of carbonyl (C=O) groups is 1. The van der Waals surface area contributed by atoms with Crippen LogP contribution in [0.4, 0.5) is 13.2 Å². The molecule has 0 aromatic heterocycles. The molecule has 0 aliphatic heterocycles. The highest BCUT2D eigenvalue weighted by molar-refractivity contribution is 5.94. The first kappa shape index (κ1) is 21.0. The molecule has 2 aromatic rings. The minimum atomic E-state index is -1.67. The van der Waals surface area contributed by atoms with E-state index in [-0.39, 0.29) is 19.0 Å². The van der Waals surface area contributed by atoms with Gasteiger partial charge in [-0.15, -0.1) is 12.4 Å². The summed E-state index contributed by atoms with van der Waals surface area (Å²) < 4.78 is 39.6. The number of nitrogens with two attached hydrogens (primary N) is 1. The molecule has 0 aliphatic rings. The summed E-state index contributed by atoms with van der Waals surface area (Å²) in [5.74, 6) is -4.98. The van der Waals surface area contributed by atoms with Gasteiger partial charge in [0.2, 0.25) is 0 Å². The second-order valence-electron chi connectivity index (χ2n) is 5.86. The number of benzene rings is 2. The van der Waals surface area contributed by atoms with E-state index in [4.69, 9.17) is 5.73 Å². The molecule has 0 spiro atoms. The molecule has 0 saturated carbocycles. The van der Waals surface area contributed by atoms with Gasteiger partial charge in [0.25, 0.3) is 5.91 Å². The lowest BCUT2D eigenvalue weighted by atomic mass is 9.99. The first-order valence-corrected chi connectivity index (χ1v) is 7.58. The lowest BCUT2D eigenvalue weighted by Crippen LogP contribution is -2.32. The van der Waals surface area contributed by atoms with Crippen molar-refractivity contribution in [1.29, 1.82) is 0 Å². The summed E-state index contributed by atoms with van der Waals surface area (Å²) >= 11 is 0. The molecule has 7 heteroatoms. The molecule has 3 N–H and O–H groups in total. The second-order valence-corrected chi connectivity index (χ2v) is 5.86. The molecule has 25 heavy (non-hydrogen) atoms. The molecule has 3 nitrogen and oxygen atoms in total. The fourth-order valence-corrected chi connectivity index (χ4v) is 2.25. The molecular weight excluding hydrogens is 353 g/mol. The van der Waals surface area contributed by atoms with Crippen LogP contribution in [0.15, 0.2) is 36.4 Å². The maximum absolute atomic E-state index is 13.6. The van der Waals surface area contributed by atoms with E-state index < -0.39 is 35.0 Å². The molecule has 136 valence electrons. The quantitative estimate of drug-likeness (QED) is 0.777. The van der Waals surface area contributed by atoms with Crippen LogP contribution in [-0.4, -0.2) is 12.5 Å². The van der Waals surface area contributed by atoms with Crippen molar-refractivity contribution in [3.05, 3.63) is 70.5 Å². The predicted molar refractivity (Wildman–Crippen MR) is 93.4 cm³/mol. The van der Waals surface area contributed by atoms with Crippen LogP contribution >= 0.6 is 12.4 Å². The Balaban J connectivity index is 0.00000312. The third-order valence-electron chi connectivity index (χ3n) is 3.79. The van der Waals surface area contributed by atoms with E-state index in [9.17, 15) is 18.0 Å². The molecule has 2 aromatic carbocycles. The molecule has 0 fully saturated rings. The Labute approximate surface area is 150 Å². The van der Waals surface area contributed by atoms with Gasteiger partial charge in [-0.2, -0.15) is 0 Å². The average Bonchev–Trinajstić information content (AvgIpc) is 2.57. The largest absolute Gasteiger partial charge is 0.350 e. The van der Waals surface area contributed by atoms with Crippen LogP contribution in [0.2, 0.25) is 0 Å². The topological polar surface area (TPSA) is 55.1 Å². The Kier molecular flexibility index (Phi) is 7.45. The Morgan fingerprint density at radius 1 is 1.00 bits per heavy atom. The Morgan fingerprint density at radius 2 is 1.56 bits per heavy atom. The number of hydrogen-bond donors (Lipinski definition) is 2.